The Labute approximate surface area is 120 Å². The summed E-state index contributed by atoms with van der Waals surface area (Å²) in [7, 11) is 0. The normalized spacial score (nSPS) is 21.4. The van der Waals surface area contributed by atoms with Gasteiger partial charge in [-0.3, -0.25) is 0 Å². The second-order valence-corrected chi connectivity index (χ2v) is 6.02. The number of hydrogen-bond acceptors (Lipinski definition) is 3. The van der Waals surface area contributed by atoms with Crippen LogP contribution in [0.4, 0.5) is 4.79 Å². The van der Waals surface area contributed by atoms with Crippen molar-refractivity contribution in [2.45, 2.75) is 51.9 Å². The van der Waals surface area contributed by atoms with E-state index < -0.39 is 11.7 Å². The lowest BCUT2D eigenvalue weighted by atomic mass is 10.1. The Hall–Kier alpha value is -1.55. The third-order valence-electron chi connectivity index (χ3n) is 3.24. The maximum Gasteiger partial charge on any atom is 0.408 e. The van der Waals surface area contributed by atoms with Gasteiger partial charge in [0, 0.05) is 13.0 Å². The first-order valence-electron chi connectivity index (χ1n) is 7.09. The van der Waals surface area contributed by atoms with Crippen LogP contribution in [-0.2, 0) is 15.9 Å². The average molecular weight is 277 g/mol. The minimum Gasteiger partial charge on any atom is -0.444 e. The van der Waals surface area contributed by atoms with Gasteiger partial charge in [0.1, 0.15) is 5.60 Å². The molecule has 0 fully saturated rings. The number of hydrogen-bond donors (Lipinski definition) is 1. The summed E-state index contributed by atoms with van der Waals surface area (Å²) in [5.41, 5.74) is 1.85. The molecule has 0 aromatic heterocycles. The lowest BCUT2D eigenvalue weighted by Crippen LogP contribution is -2.39. The van der Waals surface area contributed by atoms with Gasteiger partial charge in [0.2, 0.25) is 0 Å². The van der Waals surface area contributed by atoms with E-state index in [0.717, 1.165) is 12.0 Å². The van der Waals surface area contributed by atoms with Crippen LogP contribution in [0.15, 0.2) is 24.3 Å². The van der Waals surface area contributed by atoms with Gasteiger partial charge in [-0.1, -0.05) is 24.3 Å². The monoisotopic (exact) mass is 277 g/mol. The molecule has 1 aromatic carbocycles. The molecule has 1 N–H and O–H groups in total. The molecule has 0 bridgehead atoms. The zero-order valence-electron chi connectivity index (χ0n) is 12.6. The first-order chi connectivity index (χ1) is 9.40. The average Bonchev–Trinajstić information content (AvgIpc) is 2.66. The Morgan fingerprint density at radius 2 is 2.05 bits per heavy atom. The predicted molar refractivity (Wildman–Crippen MR) is 77.7 cm³/mol. The lowest BCUT2D eigenvalue weighted by Gasteiger charge is -2.25. The van der Waals surface area contributed by atoms with Crippen LogP contribution in [0, 0.1) is 0 Å². The summed E-state index contributed by atoms with van der Waals surface area (Å²) in [6.45, 7) is 8.16. The van der Waals surface area contributed by atoms with Gasteiger partial charge >= 0.3 is 6.09 Å². The standard InChI is InChI=1S/C16H23NO3/c1-5-19-13-10-11-8-6-7-9-12(11)14(13)17-15(18)20-16(2,3)4/h6-9,13-14H,5,10H2,1-4H3,(H,17,18)/t13?,14-/m0/s1. The van der Waals surface area contributed by atoms with Gasteiger partial charge in [0.05, 0.1) is 12.1 Å². The molecule has 1 aliphatic carbocycles. The van der Waals surface area contributed by atoms with Gasteiger partial charge in [-0.25, -0.2) is 4.79 Å². The first-order valence-corrected chi connectivity index (χ1v) is 7.09. The fourth-order valence-electron chi connectivity index (χ4n) is 2.53. The number of rotatable bonds is 3. The van der Waals surface area contributed by atoms with Gasteiger partial charge in [-0.2, -0.15) is 0 Å². The molecule has 0 spiro atoms. The Bertz CT molecular complexity index is 479. The van der Waals surface area contributed by atoms with Gasteiger partial charge in [0.15, 0.2) is 0 Å². The van der Waals surface area contributed by atoms with Crippen molar-refractivity contribution < 1.29 is 14.3 Å². The van der Waals surface area contributed by atoms with E-state index in [1.165, 1.54) is 5.56 Å². The number of amides is 1. The van der Waals surface area contributed by atoms with Crippen LogP contribution in [0.5, 0.6) is 0 Å². The Balaban J connectivity index is 2.12. The molecule has 0 saturated carbocycles. The maximum atomic E-state index is 12.0. The molecule has 20 heavy (non-hydrogen) atoms. The molecule has 2 rings (SSSR count). The molecule has 4 heteroatoms. The van der Waals surface area contributed by atoms with E-state index in [0.29, 0.717) is 6.61 Å². The maximum absolute atomic E-state index is 12.0. The zero-order valence-corrected chi connectivity index (χ0v) is 12.6. The molecule has 1 aliphatic rings. The van der Waals surface area contributed by atoms with Crippen LogP contribution in [0.1, 0.15) is 44.9 Å². The highest BCUT2D eigenvalue weighted by molar-refractivity contribution is 5.69. The molecular formula is C16H23NO3. The quantitative estimate of drug-likeness (QED) is 0.923. The topological polar surface area (TPSA) is 47.6 Å². The minimum atomic E-state index is -0.497. The summed E-state index contributed by atoms with van der Waals surface area (Å²) >= 11 is 0. The van der Waals surface area contributed by atoms with Crippen molar-refractivity contribution in [2.24, 2.45) is 0 Å². The van der Waals surface area contributed by atoms with Crippen LogP contribution in [-0.4, -0.2) is 24.4 Å². The highest BCUT2D eigenvalue weighted by Crippen LogP contribution is 2.33. The van der Waals surface area contributed by atoms with Crippen molar-refractivity contribution in [2.75, 3.05) is 6.61 Å². The second-order valence-electron chi connectivity index (χ2n) is 6.02. The summed E-state index contributed by atoms with van der Waals surface area (Å²) in [6.07, 6.45) is 0.402. The smallest absolute Gasteiger partial charge is 0.408 e. The fourth-order valence-corrected chi connectivity index (χ4v) is 2.53. The van der Waals surface area contributed by atoms with Crippen molar-refractivity contribution in [3.63, 3.8) is 0 Å². The molecule has 4 nitrogen and oxygen atoms in total. The van der Waals surface area contributed by atoms with E-state index >= 15 is 0 Å². The third-order valence-corrected chi connectivity index (χ3v) is 3.24. The Morgan fingerprint density at radius 3 is 2.70 bits per heavy atom. The summed E-state index contributed by atoms with van der Waals surface area (Å²) in [5.74, 6) is 0. The van der Waals surface area contributed by atoms with Crippen LogP contribution in [0.3, 0.4) is 0 Å². The van der Waals surface area contributed by atoms with E-state index in [1.807, 2.05) is 45.9 Å². The number of benzene rings is 1. The SMILES string of the molecule is CCOC1Cc2ccccc2[C@@H]1NC(=O)OC(C)(C)C. The first kappa shape index (κ1) is 14.9. The summed E-state index contributed by atoms with van der Waals surface area (Å²) in [5, 5.41) is 2.94. The van der Waals surface area contributed by atoms with Crippen molar-refractivity contribution in [1.82, 2.24) is 5.32 Å². The molecule has 0 heterocycles. The Kier molecular flexibility index (Phi) is 4.33. The van der Waals surface area contributed by atoms with Crippen molar-refractivity contribution >= 4 is 6.09 Å². The van der Waals surface area contributed by atoms with Gasteiger partial charge in [-0.05, 0) is 38.8 Å². The zero-order chi connectivity index (χ0) is 14.8. The highest BCUT2D eigenvalue weighted by Gasteiger charge is 2.34. The number of carbonyl (C=O) groups is 1. The molecule has 2 atom stereocenters. The molecular weight excluding hydrogens is 254 g/mol. The number of carbonyl (C=O) groups excluding carboxylic acids is 1. The molecule has 0 radical (unpaired) electrons. The number of nitrogens with one attached hydrogen (secondary N) is 1. The van der Waals surface area contributed by atoms with Crippen molar-refractivity contribution in [1.29, 1.82) is 0 Å². The molecule has 1 amide bonds. The van der Waals surface area contributed by atoms with E-state index in [1.54, 1.807) is 0 Å². The Morgan fingerprint density at radius 1 is 1.35 bits per heavy atom. The van der Waals surface area contributed by atoms with E-state index in [-0.39, 0.29) is 12.1 Å². The molecule has 110 valence electrons. The minimum absolute atomic E-state index is 0.0232. The summed E-state index contributed by atoms with van der Waals surface area (Å²) < 4.78 is 11.1. The van der Waals surface area contributed by atoms with E-state index in [4.69, 9.17) is 9.47 Å². The predicted octanol–water partition coefficient (Wildman–Crippen LogP) is 3.21. The van der Waals surface area contributed by atoms with Crippen LogP contribution in [0.2, 0.25) is 0 Å². The van der Waals surface area contributed by atoms with Crippen LogP contribution >= 0.6 is 0 Å². The number of alkyl carbamates (subject to hydrolysis) is 1. The molecule has 1 aromatic rings. The van der Waals surface area contributed by atoms with E-state index in [9.17, 15) is 4.79 Å². The van der Waals surface area contributed by atoms with Crippen molar-refractivity contribution in [3.05, 3.63) is 35.4 Å². The lowest BCUT2D eigenvalue weighted by molar-refractivity contribution is 0.0245. The summed E-state index contributed by atoms with van der Waals surface area (Å²) in [6, 6.07) is 7.98. The van der Waals surface area contributed by atoms with Gasteiger partial charge < -0.3 is 14.8 Å². The van der Waals surface area contributed by atoms with Crippen LogP contribution in [0.25, 0.3) is 0 Å². The molecule has 1 unspecified atom stereocenters. The van der Waals surface area contributed by atoms with Crippen LogP contribution < -0.4 is 5.32 Å². The van der Waals surface area contributed by atoms with Crippen molar-refractivity contribution in [3.8, 4) is 0 Å². The van der Waals surface area contributed by atoms with Gasteiger partial charge in [-0.15, -0.1) is 0 Å². The largest absolute Gasteiger partial charge is 0.444 e. The van der Waals surface area contributed by atoms with E-state index in [2.05, 4.69) is 11.4 Å². The summed E-state index contributed by atoms with van der Waals surface area (Å²) in [4.78, 5) is 12.0. The molecule has 0 saturated heterocycles. The third kappa shape index (κ3) is 3.51. The molecule has 0 aliphatic heterocycles. The highest BCUT2D eigenvalue weighted by atomic mass is 16.6. The second kappa shape index (κ2) is 5.83. The number of ether oxygens (including phenoxy) is 2. The van der Waals surface area contributed by atoms with Gasteiger partial charge in [0.25, 0.3) is 0 Å². The fraction of sp³-hybridized carbons (Fsp3) is 0.562. The number of fused-ring (bicyclic) bond motifs is 1.